The van der Waals surface area contributed by atoms with Gasteiger partial charge in [0, 0.05) is 6.20 Å². The monoisotopic (exact) mass is 167 g/mol. The van der Waals surface area contributed by atoms with E-state index in [0.717, 1.165) is 18.5 Å². The van der Waals surface area contributed by atoms with Crippen LogP contribution < -0.4 is 0 Å². The summed E-state index contributed by atoms with van der Waals surface area (Å²) < 4.78 is 1.71. The summed E-state index contributed by atoms with van der Waals surface area (Å²) >= 11 is 0. The number of aromatic nitrogens is 3. The Labute approximate surface area is 71.2 Å². The molecule has 0 aromatic carbocycles. The topological polar surface area (TPSA) is 50.9 Å². The molecule has 4 nitrogen and oxygen atoms in total. The van der Waals surface area contributed by atoms with Crippen LogP contribution >= 0.6 is 0 Å². The third kappa shape index (κ3) is 1.64. The quantitative estimate of drug-likeness (QED) is 0.707. The van der Waals surface area contributed by atoms with Gasteiger partial charge in [0.15, 0.2) is 0 Å². The maximum absolute atomic E-state index is 9.56. The minimum absolute atomic E-state index is 0.230. The predicted octanol–water partition coefficient (Wildman–Crippen LogP) is 0.357. The van der Waals surface area contributed by atoms with Gasteiger partial charge in [-0.1, -0.05) is 5.21 Å². The number of aryl methyl sites for hydroxylation is 1. The lowest BCUT2D eigenvalue weighted by atomic mass is 10.2. The fourth-order valence-electron chi connectivity index (χ4n) is 1.31. The van der Waals surface area contributed by atoms with Gasteiger partial charge in [-0.25, -0.2) is 4.68 Å². The number of hydrogen-bond donors (Lipinski definition) is 1. The number of aliphatic hydroxyl groups excluding tert-OH is 1. The van der Waals surface area contributed by atoms with Crippen LogP contribution in [0.5, 0.6) is 0 Å². The fraction of sp³-hybridized carbons (Fsp3) is 0.750. The van der Waals surface area contributed by atoms with Crippen LogP contribution in [0.1, 0.15) is 18.5 Å². The van der Waals surface area contributed by atoms with E-state index in [1.54, 1.807) is 4.68 Å². The van der Waals surface area contributed by atoms with E-state index in [-0.39, 0.29) is 6.10 Å². The van der Waals surface area contributed by atoms with Crippen LogP contribution in [-0.2, 0) is 6.54 Å². The lowest BCUT2D eigenvalue weighted by Gasteiger charge is -2.07. The highest BCUT2D eigenvalue weighted by atomic mass is 16.3. The van der Waals surface area contributed by atoms with Gasteiger partial charge in [0.1, 0.15) is 0 Å². The number of aliphatic hydroxyl groups is 1. The third-order valence-corrected chi connectivity index (χ3v) is 2.19. The fourth-order valence-corrected chi connectivity index (χ4v) is 1.31. The Balaban J connectivity index is 1.93. The van der Waals surface area contributed by atoms with E-state index in [1.165, 1.54) is 0 Å². The zero-order valence-electron chi connectivity index (χ0n) is 7.14. The highest BCUT2D eigenvalue weighted by molar-refractivity contribution is 4.88. The van der Waals surface area contributed by atoms with E-state index < -0.39 is 0 Å². The molecule has 1 N–H and O–H groups in total. The first-order valence-corrected chi connectivity index (χ1v) is 4.30. The molecule has 1 aliphatic carbocycles. The molecule has 1 aliphatic rings. The summed E-state index contributed by atoms with van der Waals surface area (Å²) in [6.45, 7) is 2.48. The van der Waals surface area contributed by atoms with Crippen molar-refractivity contribution in [3.8, 4) is 0 Å². The Bertz CT molecular complexity index is 267. The Morgan fingerprint density at radius 3 is 3.00 bits per heavy atom. The Morgan fingerprint density at radius 1 is 1.75 bits per heavy atom. The van der Waals surface area contributed by atoms with Crippen molar-refractivity contribution in [1.29, 1.82) is 0 Å². The predicted molar refractivity (Wildman–Crippen MR) is 43.5 cm³/mol. The van der Waals surface area contributed by atoms with Crippen molar-refractivity contribution >= 4 is 0 Å². The molecule has 1 saturated carbocycles. The molecule has 0 aliphatic heterocycles. The maximum Gasteiger partial charge on any atom is 0.0796 e. The minimum atomic E-state index is -0.230. The van der Waals surface area contributed by atoms with Gasteiger partial charge in [-0.05, 0) is 25.7 Å². The lowest BCUT2D eigenvalue weighted by Crippen LogP contribution is -2.18. The molecule has 1 aromatic rings. The Morgan fingerprint density at radius 2 is 2.50 bits per heavy atom. The van der Waals surface area contributed by atoms with E-state index >= 15 is 0 Å². The summed E-state index contributed by atoms with van der Waals surface area (Å²) in [5, 5.41) is 17.3. The van der Waals surface area contributed by atoms with E-state index in [9.17, 15) is 5.11 Å². The summed E-state index contributed by atoms with van der Waals surface area (Å²) in [5.74, 6) is 0.509. The van der Waals surface area contributed by atoms with Crippen LogP contribution in [0, 0.1) is 12.8 Å². The van der Waals surface area contributed by atoms with Gasteiger partial charge in [0.2, 0.25) is 0 Å². The van der Waals surface area contributed by atoms with E-state index in [2.05, 4.69) is 10.3 Å². The number of nitrogens with zero attached hydrogens (tertiary/aromatic N) is 3. The molecule has 12 heavy (non-hydrogen) atoms. The van der Waals surface area contributed by atoms with Crippen LogP contribution in [0.4, 0.5) is 0 Å². The zero-order chi connectivity index (χ0) is 8.55. The van der Waals surface area contributed by atoms with Gasteiger partial charge in [-0.2, -0.15) is 0 Å². The van der Waals surface area contributed by atoms with Crippen molar-refractivity contribution in [2.75, 3.05) is 0 Å². The molecule has 4 heteroatoms. The van der Waals surface area contributed by atoms with Crippen molar-refractivity contribution in [1.82, 2.24) is 15.0 Å². The van der Waals surface area contributed by atoms with E-state index in [4.69, 9.17) is 0 Å². The molecule has 1 heterocycles. The maximum atomic E-state index is 9.56. The molecular formula is C8H13N3O. The molecule has 0 saturated heterocycles. The van der Waals surface area contributed by atoms with E-state index in [0.29, 0.717) is 12.5 Å². The van der Waals surface area contributed by atoms with Gasteiger partial charge in [0.05, 0.1) is 18.3 Å². The molecule has 0 spiro atoms. The minimum Gasteiger partial charge on any atom is -0.391 e. The molecule has 0 amide bonds. The SMILES string of the molecule is Cc1cn(CC(O)C2CC2)nn1. The summed E-state index contributed by atoms with van der Waals surface area (Å²) in [6.07, 6.45) is 3.95. The number of rotatable bonds is 3. The largest absolute Gasteiger partial charge is 0.391 e. The first-order valence-electron chi connectivity index (χ1n) is 4.30. The molecule has 1 fully saturated rings. The lowest BCUT2D eigenvalue weighted by molar-refractivity contribution is 0.126. The summed E-state index contributed by atoms with van der Waals surface area (Å²) in [5.41, 5.74) is 0.901. The first-order chi connectivity index (χ1) is 5.75. The highest BCUT2D eigenvalue weighted by Gasteiger charge is 2.29. The molecular weight excluding hydrogens is 154 g/mol. The van der Waals surface area contributed by atoms with Crippen molar-refractivity contribution in [3.05, 3.63) is 11.9 Å². The van der Waals surface area contributed by atoms with Gasteiger partial charge in [-0.15, -0.1) is 5.10 Å². The zero-order valence-corrected chi connectivity index (χ0v) is 7.14. The molecule has 1 unspecified atom stereocenters. The van der Waals surface area contributed by atoms with Crippen molar-refractivity contribution in [2.24, 2.45) is 5.92 Å². The normalized spacial score (nSPS) is 19.5. The molecule has 66 valence electrons. The second-order valence-electron chi connectivity index (χ2n) is 3.49. The highest BCUT2D eigenvalue weighted by Crippen LogP contribution is 2.32. The molecule has 1 aromatic heterocycles. The summed E-state index contributed by atoms with van der Waals surface area (Å²) in [4.78, 5) is 0. The van der Waals surface area contributed by atoms with Crippen LogP contribution in [-0.4, -0.2) is 26.2 Å². The van der Waals surface area contributed by atoms with Crippen LogP contribution in [0.2, 0.25) is 0 Å². The van der Waals surface area contributed by atoms with Crippen LogP contribution in [0.3, 0.4) is 0 Å². The Hall–Kier alpha value is -0.900. The number of hydrogen-bond acceptors (Lipinski definition) is 3. The standard InChI is InChI=1S/C8H13N3O/c1-6-4-11(10-9-6)5-8(12)7-2-3-7/h4,7-8,12H,2-3,5H2,1H3. The van der Waals surface area contributed by atoms with Crippen molar-refractivity contribution in [2.45, 2.75) is 32.4 Å². The van der Waals surface area contributed by atoms with Crippen molar-refractivity contribution < 1.29 is 5.11 Å². The Kier molecular flexibility index (Phi) is 1.84. The second kappa shape index (κ2) is 2.86. The van der Waals surface area contributed by atoms with Crippen LogP contribution in [0.15, 0.2) is 6.20 Å². The smallest absolute Gasteiger partial charge is 0.0796 e. The average Bonchev–Trinajstić information content (AvgIpc) is 2.78. The van der Waals surface area contributed by atoms with E-state index in [1.807, 2.05) is 13.1 Å². The summed E-state index contributed by atoms with van der Waals surface area (Å²) in [7, 11) is 0. The molecule has 2 rings (SSSR count). The molecule has 0 bridgehead atoms. The van der Waals surface area contributed by atoms with Gasteiger partial charge in [0.25, 0.3) is 0 Å². The van der Waals surface area contributed by atoms with Gasteiger partial charge >= 0.3 is 0 Å². The average molecular weight is 167 g/mol. The third-order valence-electron chi connectivity index (χ3n) is 2.19. The van der Waals surface area contributed by atoms with Gasteiger partial charge < -0.3 is 5.11 Å². The van der Waals surface area contributed by atoms with Crippen molar-refractivity contribution in [3.63, 3.8) is 0 Å². The van der Waals surface area contributed by atoms with Gasteiger partial charge in [-0.3, -0.25) is 0 Å². The molecule has 0 radical (unpaired) electrons. The first kappa shape index (κ1) is 7.73. The second-order valence-corrected chi connectivity index (χ2v) is 3.49. The molecule has 1 atom stereocenters. The van der Waals surface area contributed by atoms with Crippen LogP contribution in [0.25, 0.3) is 0 Å². The summed E-state index contributed by atoms with van der Waals surface area (Å²) in [6, 6.07) is 0.